The van der Waals surface area contributed by atoms with Gasteiger partial charge < -0.3 is 10.2 Å². The maximum Gasteiger partial charge on any atom is 0.271 e. The molecule has 0 saturated heterocycles. The summed E-state index contributed by atoms with van der Waals surface area (Å²) in [6.07, 6.45) is 1.21. The number of benzene rings is 2. The molecule has 0 saturated carbocycles. The first-order valence-corrected chi connectivity index (χ1v) is 5.67. The van der Waals surface area contributed by atoms with Crippen molar-refractivity contribution in [1.29, 1.82) is 0 Å². The Kier molecular flexibility index (Phi) is 3.95. The number of aromatic hydroxyl groups is 2. The molecule has 0 fully saturated rings. The summed E-state index contributed by atoms with van der Waals surface area (Å²) >= 11 is 0. The van der Waals surface area contributed by atoms with Crippen molar-refractivity contribution in [1.82, 2.24) is 5.43 Å². The molecular weight excluding hydrogens is 263 g/mol. The SMILES string of the molecule is O=C(NN=Cc1ccc(O)cc1O)c1cccc(F)c1. The highest BCUT2D eigenvalue weighted by Crippen LogP contribution is 2.20. The van der Waals surface area contributed by atoms with Gasteiger partial charge in [-0.25, -0.2) is 9.82 Å². The third kappa shape index (κ3) is 3.32. The zero-order valence-corrected chi connectivity index (χ0v) is 10.2. The maximum absolute atomic E-state index is 12.9. The summed E-state index contributed by atoms with van der Waals surface area (Å²) in [4.78, 5) is 11.6. The van der Waals surface area contributed by atoms with E-state index >= 15 is 0 Å². The molecule has 0 aliphatic carbocycles. The summed E-state index contributed by atoms with van der Waals surface area (Å²) in [6.45, 7) is 0. The van der Waals surface area contributed by atoms with Gasteiger partial charge in [0.25, 0.3) is 5.91 Å². The Morgan fingerprint density at radius 2 is 2.00 bits per heavy atom. The van der Waals surface area contributed by atoms with Gasteiger partial charge in [0.05, 0.1) is 6.21 Å². The highest BCUT2D eigenvalue weighted by Gasteiger charge is 2.05. The standard InChI is InChI=1S/C14H11FN2O3/c15-11-3-1-2-9(6-11)14(20)17-16-8-10-4-5-12(18)7-13(10)19/h1-8,18-19H,(H,17,20). The first-order valence-electron chi connectivity index (χ1n) is 5.67. The van der Waals surface area contributed by atoms with Gasteiger partial charge in [-0.15, -0.1) is 0 Å². The van der Waals surface area contributed by atoms with Crippen LogP contribution in [0.25, 0.3) is 0 Å². The third-order valence-electron chi connectivity index (χ3n) is 2.47. The van der Waals surface area contributed by atoms with E-state index in [1.165, 1.54) is 36.5 Å². The van der Waals surface area contributed by atoms with Gasteiger partial charge in [0.15, 0.2) is 0 Å². The second-order valence-corrected chi connectivity index (χ2v) is 3.95. The Morgan fingerprint density at radius 1 is 1.20 bits per heavy atom. The summed E-state index contributed by atoms with van der Waals surface area (Å²) in [5.74, 6) is -1.34. The van der Waals surface area contributed by atoms with Crippen molar-refractivity contribution in [2.45, 2.75) is 0 Å². The summed E-state index contributed by atoms with van der Waals surface area (Å²) in [6, 6.07) is 9.14. The number of phenols is 2. The predicted molar refractivity (Wildman–Crippen MR) is 71.2 cm³/mol. The van der Waals surface area contributed by atoms with E-state index in [9.17, 15) is 14.3 Å². The molecule has 2 aromatic rings. The first kappa shape index (κ1) is 13.5. The largest absolute Gasteiger partial charge is 0.508 e. The van der Waals surface area contributed by atoms with E-state index in [4.69, 9.17) is 5.11 Å². The van der Waals surface area contributed by atoms with Gasteiger partial charge in [-0.3, -0.25) is 4.79 Å². The zero-order valence-electron chi connectivity index (χ0n) is 10.2. The third-order valence-corrected chi connectivity index (χ3v) is 2.47. The van der Waals surface area contributed by atoms with Gasteiger partial charge in [0, 0.05) is 17.2 Å². The Morgan fingerprint density at radius 3 is 2.70 bits per heavy atom. The summed E-state index contributed by atoms with van der Waals surface area (Å²) in [5.41, 5.74) is 2.66. The van der Waals surface area contributed by atoms with Gasteiger partial charge >= 0.3 is 0 Å². The number of hydrogen-bond donors (Lipinski definition) is 3. The Balaban J connectivity index is 2.04. The van der Waals surface area contributed by atoms with Crippen molar-refractivity contribution in [2.75, 3.05) is 0 Å². The van der Waals surface area contributed by atoms with E-state index in [0.717, 1.165) is 12.1 Å². The van der Waals surface area contributed by atoms with Crippen LogP contribution < -0.4 is 5.43 Å². The Bertz CT molecular complexity index is 671. The van der Waals surface area contributed by atoms with Gasteiger partial charge in [0.2, 0.25) is 0 Å². The summed E-state index contributed by atoms with van der Waals surface area (Å²) in [7, 11) is 0. The summed E-state index contributed by atoms with van der Waals surface area (Å²) in [5, 5.41) is 22.3. The number of carbonyl (C=O) groups excluding carboxylic acids is 1. The molecule has 0 bridgehead atoms. The van der Waals surface area contributed by atoms with Crippen LogP contribution in [0.2, 0.25) is 0 Å². The molecule has 0 aliphatic rings. The van der Waals surface area contributed by atoms with E-state index in [0.29, 0.717) is 5.56 Å². The van der Waals surface area contributed by atoms with Gasteiger partial charge in [-0.2, -0.15) is 5.10 Å². The van der Waals surface area contributed by atoms with Crippen molar-refractivity contribution < 1.29 is 19.4 Å². The average Bonchev–Trinajstić information content (AvgIpc) is 2.41. The number of amides is 1. The molecule has 0 atom stereocenters. The van der Waals surface area contributed by atoms with Crippen LogP contribution in [0.4, 0.5) is 4.39 Å². The Labute approximate surface area is 114 Å². The number of nitrogens with zero attached hydrogens (tertiary/aromatic N) is 1. The van der Waals surface area contributed by atoms with Gasteiger partial charge in [-0.05, 0) is 30.3 Å². The number of carbonyl (C=O) groups is 1. The predicted octanol–water partition coefficient (Wildman–Crippen LogP) is 2.00. The van der Waals surface area contributed by atoms with Crippen LogP contribution in [0.1, 0.15) is 15.9 Å². The average molecular weight is 274 g/mol. The Hall–Kier alpha value is -2.89. The van der Waals surface area contributed by atoms with Crippen LogP contribution in [0.15, 0.2) is 47.6 Å². The number of nitrogens with one attached hydrogen (secondary N) is 1. The second kappa shape index (κ2) is 5.83. The van der Waals surface area contributed by atoms with Crippen LogP contribution in [-0.4, -0.2) is 22.3 Å². The number of hydrogen-bond acceptors (Lipinski definition) is 4. The first-order chi connectivity index (χ1) is 9.56. The number of phenolic OH excluding ortho intramolecular Hbond substituents is 2. The van der Waals surface area contributed by atoms with E-state index < -0.39 is 11.7 Å². The number of rotatable bonds is 3. The second-order valence-electron chi connectivity index (χ2n) is 3.95. The van der Waals surface area contributed by atoms with E-state index in [2.05, 4.69) is 10.5 Å². The van der Waals surface area contributed by atoms with Gasteiger partial charge in [0.1, 0.15) is 17.3 Å². The number of hydrazone groups is 1. The lowest BCUT2D eigenvalue weighted by atomic mass is 10.2. The molecule has 1 amide bonds. The molecule has 6 heteroatoms. The number of halogens is 1. The van der Waals surface area contributed by atoms with Crippen LogP contribution in [0, 0.1) is 5.82 Å². The van der Waals surface area contributed by atoms with Crippen molar-refractivity contribution in [3.63, 3.8) is 0 Å². The van der Waals surface area contributed by atoms with Crippen molar-refractivity contribution in [3.05, 3.63) is 59.4 Å². The molecule has 102 valence electrons. The molecule has 0 spiro atoms. The lowest BCUT2D eigenvalue weighted by Gasteiger charge is -2.01. The van der Waals surface area contributed by atoms with Crippen molar-refractivity contribution in [3.8, 4) is 11.5 Å². The van der Waals surface area contributed by atoms with Crippen LogP contribution in [0.3, 0.4) is 0 Å². The fourth-order valence-corrected chi connectivity index (χ4v) is 1.50. The minimum Gasteiger partial charge on any atom is -0.508 e. The normalized spacial score (nSPS) is 10.7. The lowest BCUT2D eigenvalue weighted by molar-refractivity contribution is 0.0954. The fraction of sp³-hybridized carbons (Fsp3) is 0. The monoisotopic (exact) mass is 274 g/mol. The molecule has 0 heterocycles. The minimum absolute atomic E-state index is 0.0801. The smallest absolute Gasteiger partial charge is 0.271 e. The van der Waals surface area contributed by atoms with Crippen LogP contribution >= 0.6 is 0 Å². The summed E-state index contributed by atoms with van der Waals surface area (Å²) < 4.78 is 12.9. The zero-order chi connectivity index (χ0) is 14.5. The molecular formula is C14H11FN2O3. The fourth-order valence-electron chi connectivity index (χ4n) is 1.50. The molecule has 0 aromatic heterocycles. The topological polar surface area (TPSA) is 81.9 Å². The molecule has 2 aromatic carbocycles. The van der Waals surface area contributed by atoms with Gasteiger partial charge in [-0.1, -0.05) is 6.07 Å². The molecule has 3 N–H and O–H groups in total. The van der Waals surface area contributed by atoms with Crippen LogP contribution in [0.5, 0.6) is 11.5 Å². The highest BCUT2D eigenvalue weighted by molar-refractivity contribution is 5.95. The molecule has 0 aliphatic heterocycles. The van der Waals surface area contributed by atoms with Crippen molar-refractivity contribution >= 4 is 12.1 Å². The van der Waals surface area contributed by atoms with E-state index in [1.54, 1.807) is 0 Å². The molecule has 5 nitrogen and oxygen atoms in total. The minimum atomic E-state index is -0.570. The maximum atomic E-state index is 12.9. The quantitative estimate of drug-likeness (QED) is 0.591. The molecule has 0 unspecified atom stereocenters. The van der Waals surface area contributed by atoms with E-state index in [1.807, 2.05) is 0 Å². The lowest BCUT2D eigenvalue weighted by Crippen LogP contribution is -2.17. The molecule has 2 rings (SSSR count). The molecule has 0 radical (unpaired) electrons. The highest BCUT2D eigenvalue weighted by atomic mass is 19.1. The van der Waals surface area contributed by atoms with Crippen LogP contribution in [-0.2, 0) is 0 Å². The van der Waals surface area contributed by atoms with Crippen molar-refractivity contribution in [2.24, 2.45) is 5.10 Å². The van der Waals surface area contributed by atoms with E-state index in [-0.39, 0.29) is 17.1 Å². The molecule has 20 heavy (non-hydrogen) atoms.